The number of thiazole rings is 1. The first-order valence-electron chi connectivity index (χ1n) is 10.4. The molecule has 1 aliphatic heterocycles. The molecule has 0 radical (unpaired) electrons. The lowest BCUT2D eigenvalue weighted by Crippen LogP contribution is -2.31. The molecule has 1 N–H and O–H groups in total. The molecule has 3 aromatic rings. The number of benzene rings is 1. The molecule has 0 atom stereocenters. The smallest absolute Gasteiger partial charge is 0.276 e. The van der Waals surface area contributed by atoms with Gasteiger partial charge >= 0.3 is 0 Å². The normalized spacial score (nSPS) is 14.8. The van der Waals surface area contributed by atoms with Gasteiger partial charge in [-0.05, 0) is 51.0 Å². The van der Waals surface area contributed by atoms with Gasteiger partial charge in [0.05, 0.1) is 16.4 Å². The van der Waals surface area contributed by atoms with E-state index in [1.165, 1.54) is 16.5 Å². The van der Waals surface area contributed by atoms with Gasteiger partial charge in [-0.15, -0.1) is 11.3 Å². The molecule has 32 heavy (non-hydrogen) atoms. The highest BCUT2D eigenvalue weighted by atomic mass is 32.1. The number of nitrogens with zero attached hydrogens (tertiary/aromatic N) is 4. The number of amides is 1. The van der Waals surface area contributed by atoms with Crippen molar-refractivity contribution in [3.8, 4) is 0 Å². The molecule has 1 amide bonds. The number of halogens is 2. The van der Waals surface area contributed by atoms with Crippen LogP contribution in [0.4, 0.5) is 14.5 Å². The van der Waals surface area contributed by atoms with Crippen LogP contribution in [0, 0.1) is 25.5 Å². The largest absolute Gasteiger partial charge is 0.316 e. The van der Waals surface area contributed by atoms with Crippen LogP contribution >= 0.6 is 11.3 Å². The van der Waals surface area contributed by atoms with Crippen molar-refractivity contribution in [3.63, 3.8) is 0 Å². The van der Waals surface area contributed by atoms with Crippen molar-refractivity contribution >= 4 is 28.5 Å². The number of para-hydroxylation sites is 1. The van der Waals surface area contributed by atoms with Gasteiger partial charge in [0, 0.05) is 31.6 Å². The maximum Gasteiger partial charge on any atom is 0.276 e. The Hall–Kier alpha value is -2.91. The molecular weight excluding hydrogens is 432 g/mol. The van der Waals surface area contributed by atoms with Crippen molar-refractivity contribution in [1.29, 1.82) is 0 Å². The zero-order chi connectivity index (χ0) is 23.0. The summed E-state index contributed by atoms with van der Waals surface area (Å²) in [5, 5.41) is 7.67. The number of anilines is 1. The molecule has 0 unspecified atom stereocenters. The van der Waals surface area contributed by atoms with E-state index in [1.54, 1.807) is 29.1 Å². The Morgan fingerprint density at radius 3 is 2.59 bits per heavy atom. The van der Waals surface area contributed by atoms with Crippen LogP contribution in [0.3, 0.4) is 0 Å². The summed E-state index contributed by atoms with van der Waals surface area (Å²) in [4.78, 5) is 20.8. The van der Waals surface area contributed by atoms with E-state index in [4.69, 9.17) is 0 Å². The van der Waals surface area contributed by atoms with Crippen LogP contribution in [0.1, 0.15) is 45.1 Å². The molecule has 0 aliphatic carbocycles. The number of aromatic nitrogens is 3. The molecule has 4 rings (SSSR count). The fraction of sp³-hybridized carbons (Fsp3) is 0.348. The summed E-state index contributed by atoms with van der Waals surface area (Å²) in [5.74, 6) is -2.31. The summed E-state index contributed by atoms with van der Waals surface area (Å²) in [7, 11) is 1.77. The number of carbonyl (C=O) groups is 1. The molecule has 0 saturated carbocycles. The highest BCUT2D eigenvalue weighted by Gasteiger charge is 2.24. The van der Waals surface area contributed by atoms with Crippen LogP contribution in [-0.2, 0) is 13.6 Å². The second-order valence-electron chi connectivity index (χ2n) is 8.05. The van der Waals surface area contributed by atoms with Crippen LogP contribution in [0.25, 0.3) is 5.57 Å². The second-order valence-corrected chi connectivity index (χ2v) is 9.34. The molecule has 0 spiro atoms. The quantitative estimate of drug-likeness (QED) is 0.603. The minimum atomic E-state index is -0.829. The topological polar surface area (TPSA) is 63.1 Å². The third kappa shape index (κ3) is 4.49. The number of aryl methyl sites for hydroxylation is 3. The lowest BCUT2D eigenvalue weighted by molar-refractivity contribution is 0.102. The zero-order valence-corrected chi connectivity index (χ0v) is 19.3. The number of hydrogen-bond acceptors (Lipinski definition) is 5. The summed E-state index contributed by atoms with van der Waals surface area (Å²) in [5.41, 5.74) is 3.88. The lowest BCUT2D eigenvalue weighted by Gasteiger charge is -2.29. The van der Waals surface area contributed by atoms with E-state index < -0.39 is 23.2 Å². The summed E-state index contributed by atoms with van der Waals surface area (Å²) in [6.07, 6.45) is 0.916. The third-order valence-corrected chi connectivity index (χ3v) is 6.75. The molecule has 0 fully saturated rings. The highest BCUT2D eigenvalue weighted by Crippen LogP contribution is 2.29. The molecule has 2 aromatic heterocycles. The summed E-state index contributed by atoms with van der Waals surface area (Å²) in [6, 6.07) is 5.12. The van der Waals surface area contributed by atoms with Crippen LogP contribution in [0.15, 0.2) is 29.8 Å². The first-order valence-corrected chi connectivity index (χ1v) is 11.2. The summed E-state index contributed by atoms with van der Waals surface area (Å²) in [6.45, 7) is 8.65. The average Bonchev–Trinajstić information content (AvgIpc) is 3.27. The van der Waals surface area contributed by atoms with Gasteiger partial charge in [-0.3, -0.25) is 14.4 Å². The third-order valence-electron chi connectivity index (χ3n) is 5.69. The number of hydrogen-bond donors (Lipinski definition) is 1. The number of nitrogens with one attached hydrogen (secondary N) is 1. The Morgan fingerprint density at radius 1 is 1.22 bits per heavy atom. The molecule has 0 bridgehead atoms. The van der Waals surface area contributed by atoms with Crippen LogP contribution in [0.2, 0.25) is 0 Å². The number of rotatable bonds is 5. The molecular formula is C23H25F2N5OS. The SMILES string of the molecule is CC1=C(c2cc(C(=O)Nc3c(F)cccc3F)nn2C)CN(Cc2sc(C)nc2C)CC1. The minimum absolute atomic E-state index is 0.108. The van der Waals surface area contributed by atoms with Gasteiger partial charge in [-0.25, -0.2) is 13.8 Å². The molecule has 168 valence electrons. The average molecular weight is 458 g/mol. The fourth-order valence-corrected chi connectivity index (χ4v) is 4.91. The molecule has 1 aliphatic rings. The van der Waals surface area contributed by atoms with Crippen molar-refractivity contribution in [2.24, 2.45) is 7.05 Å². The molecule has 6 nitrogen and oxygen atoms in total. The Labute approximate surface area is 189 Å². The van der Waals surface area contributed by atoms with Crippen LogP contribution in [0.5, 0.6) is 0 Å². The van der Waals surface area contributed by atoms with E-state index in [9.17, 15) is 13.6 Å². The first kappa shape index (κ1) is 22.3. The monoisotopic (exact) mass is 457 g/mol. The van der Waals surface area contributed by atoms with Crippen molar-refractivity contribution in [3.05, 3.63) is 68.4 Å². The van der Waals surface area contributed by atoms with Gasteiger partial charge in [0.25, 0.3) is 5.91 Å². The first-order chi connectivity index (χ1) is 15.2. The minimum Gasteiger partial charge on any atom is -0.316 e. The van der Waals surface area contributed by atoms with E-state index in [0.717, 1.165) is 60.2 Å². The van der Waals surface area contributed by atoms with Crippen LogP contribution in [-0.4, -0.2) is 38.7 Å². The zero-order valence-electron chi connectivity index (χ0n) is 18.5. The van der Waals surface area contributed by atoms with E-state index in [2.05, 4.69) is 27.2 Å². The van der Waals surface area contributed by atoms with Gasteiger partial charge in [-0.2, -0.15) is 5.10 Å². The van der Waals surface area contributed by atoms with E-state index in [1.807, 2.05) is 13.8 Å². The van der Waals surface area contributed by atoms with Crippen molar-refractivity contribution in [2.45, 2.75) is 33.7 Å². The summed E-state index contributed by atoms with van der Waals surface area (Å²) >= 11 is 1.72. The van der Waals surface area contributed by atoms with Crippen molar-refractivity contribution < 1.29 is 13.6 Å². The van der Waals surface area contributed by atoms with E-state index >= 15 is 0 Å². The van der Waals surface area contributed by atoms with Gasteiger partial charge in [0.2, 0.25) is 0 Å². The molecule has 9 heteroatoms. The Balaban J connectivity index is 1.54. The predicted molar refractivity (Wildman–Crippen MR) is 122 cm³/mol. The highest BCUT2D eigenvalue weighted by molar-refractivity contribution is 7.11. The van der Waals surface area contributed by atoms with E-state index in [-0.39, 0.29) is 5.69 Å². The predicted octanol–water partition coefficient (Wildman–Crippen LogP) is 4.70. The van der Waals surface area contributed by atoms with Crippen LogP contribution < -0.4 is 5.32 Å². The molecule has 0 saturated heterocycles. The fourth-order valence-electron chi connectivity index (χ4n) is 3.93. The Morgan fingerprint density at radius 2 is 1.94 bits per heavy atom. The Kier molecular flexibility index (Phi) is 6.21. The molecule has 1 aromatic carbocycles. The summed E-state index contributed by atoms with van der Waals surface area (Å²) < 4.78 is 29.5. The van der Waals surface area contributed by atoms with Gasteiger partial charge in [0.15, 0.2) is 5.69 Å². The molecule has 3 heterocycles. The van der Waals surface area contributed by atoms with Crippen molar-refractivity contribution in [1.82, 2.24) is 19.7 Å². The van der Waals surface area contributed by atoms with Gasteiger partial charge in [-0.1, -0.05) is 11.6 Å². The number of carbonyl (C=O) groups excluding carboxylic acids is 1. The maximum atomic E-state index is 13.9. The standard InChI is InChI=1S/C23H25F2N5OS/c1-13-8-9-30(12-21-14(2)26-15(3)32-21)11-16(13)20-10-19(28-29(20)4)23(31)27-22-17(24)6-5-7-18(22)25/h5-7,10H,8-9,11-12H2,1-4H3,(H,27,31). The Bertz CT molecular complexity index is 1190. The van der Waals surface area contributed by atoms with Gasteiger partial charge < -0.3 is 5.32 Å². The van der Waals surface area contributed by atoms with E-state index in [0.29, 0.717) is 0 Å². The second kappa shape index (κ2) is 8.91. The van der Waals surface area contributed by atoms with Gasteiger partial charge in [0.1, 0.15) is 17.3 Å². The lowest BCUT2D eigenvalue weighted by atomic mass is 9.98. The van der Waals surface area contributed by atoms with Crippen molar-refractivity contribution in [2.75, 3.05) is 18.4 Å². The maximum absolute atomic E-state index is 13.9.